The Bertz CT molecular complexity index is 876. The molecule has 5 nitrogen and oxygen atoms in total. The highest BCUT2D eigenvalue weighted by molar-refractivity contribution is 6.31. The van der Waals surface area contributed by atoms with Crippen LogP contribution < -0.4 is 15.0 Å². The minimum Gasteiger partial charge on any atom is -0.495 e. The molecule has 0 aliphatic carbocycles. The van der Waals surface area contributed by atoms with Crippen molar-refractivity contribution in [3.05, 3.63) is 52.3 Å². The average molecular weight is 397 g/mol. The molecule has 26 heavy (non-hydrogen) atoms. The highest BCUT2D eigenvalue weighted by Crippen LogP contribution is 2.35. The van der Waals surface area contributed by atoms with Crippen LogP contribution in [0.1, 0.15) is 6.42 Å². The fourth-order valence-corrected chi connectivity index (χ4v) is 3.14. The van der Waals surface area contributed by atoms with E-state index in [2.05, 4.69) is 5.32 Å². The maximum atomic E-state index is 13.9. The number of nitrogens with one attached hydrogen (secondary N) is 1. The summed E-state index contributed by atoms with van der Waals surface area (Å²) in [5, 5.41) is 3.18. The van der Waals surface area contributed by atoms with Crippen molar-refractivity contribution in [2.75, 3.05) is 23.9 Å². The molecule has 0 aromatic heterocycles. The van der Waals surface area contributed by atoms with Crippen LogP contribution >= 0.6 is 23.2 Å². The lowest BCUT2D eigenvalue weighted by atomic mass is 10.1. The third-order valence-corrected chi connectivity index (χ3v) is 4.59. The standard InChI is InChI=1S/C18H15Cl2FN2O3/c1-26-16-5-3-12(20)8-15(16)23-9-10(6-17(23)24)18(25)22-14-4-2-11(19)7-13(14)21/h2-5,7-8,10H,6,9H2,1H3,(H,22,25)/t10-/m0/s1. The van der Waals surface area contributed by atoms with Crippen LogP contribution in [-0.2, 0) is 9.59 Å². The van der Waals surface area contributed by atoms with Crippen LogP contribution in [0.25, 0.3) is 0 Å². The van der Waals surface area contributed by atoms with Crippen LogP contribution in [0.2, 0.25) is 10.0 Å². The minimum atomic E-state index is -0.636. The summed E-state index contributed by atoms with van der Waals surface area (Å²) >= 11 is 11.7. The van der Waals surface area contributed by atoms with E-state index in [-0.39, 0.29) is 29.6 Å². The number of rotatable bonds is 4. The number of nitrogens with zero attached hydrogens (tertiary/aromatic N) is 1. The zero-order valence-corrected chi connectivity index (χ0v) is 15.3. The molecule has 1 fully saturated rings. The van der Waals surface area contributed by atoms with Gasteiger partial charge in [-0.1, -0.05) is 23.2 Å². The molecule has 1 heterocycles. The van der Waals surface area contributed by atoms with E-state index in [0.717, 1.165) is 6.07 Å². The number of methoxy groups -OCH3 is 1. The fourth-order valence-electron chi connectivity index (χ4n) is 2.82. The number of carbonyl (C=O) groups is 2. The van der Waals surface area contributed by atoms with Gasteiger partial charge in [0, 0.05) is 23.0 Å². The third-order valence-electron chi connectivity index (χ3n) is 4.12. The zero-order chi connectivity index (χ0) is 18.8. The van der Waals surface area contributed by atoms with E-state index in [1.807, 2.05) is 0 Å². The van der Waals surface area contributed by atoms with Gasteiger partial charge in [0.2, 0.25) is 11.8 Å². The smallest absolute Gasteiger partial charge is 0.229 e. The number of hydrogen-bond donors (Lipinski definition) is 1. The number of benzene rings is 2. The van der Waals surface area contributed by atoms with Crippen molar-refractivity contribution >= 4 is 46.4 Å². The molecule has 2 aromatic rings. The number of carbonyl (C=O) groups excluding carboxylic acids is 2. The molecule has 1 saturated heterocycles. The van der Waals surface area contributed by atoms with Crippen molar-refractivity contribution in [3.63, 3.8) is 0 Å². The summed E-state index contributed by atoms with van der Waals surface area (Å²) in [5.74, 6) is -1.46. The highest BCUT2D eigenvalue weighted by atomic mass is 35.5. The maximum absolute atomic E-state index is 13.9. The summed E-state index contributed by atoms with van der Waals surface area (Å²) in [7, 11) is 1.49. The molecule has 0 saturated carbocycles. The van der Waals surface area contributed by atoms with Gasteiger partial charge in [-0.2, -0.15) is 0 Å². The van der Waals surface area contributed by atoms with Gasteiger partial charge in [-0.05, 0) is 36.4 Å². The maximum Gasteiger partial charge on any atom is 0.229 e. The summed E-state index contributed by atoms with van der Waals surface area (Å²) in [6.07, 6.45) is 0.0106. The van der Waals surface area contributed by atoms with Crippen LogP contribution in [0.4, 0.5) is 15.8 Å². The molecule has 2 aromatic carbocycles. The van der Waals surface area contributed by atoms with Crippen molar-refractivity contribution < 1.29 is 18.7 Å². The Kier molecular flexibility index (Phi) is 5.34. The number of amides is 2. The summed E-state index contributed by atoms with van der Waals surface area (Å²) in [5.41, 5.74) is 0.517. The third kappa shape index (κ3) is 3.76. The van der Waals surface area contributed by atoms with E-state index in [0.29, 0.717) is 16.5 Å². The lowest BCUT2D eigenvalue weighted by molar-refractivity contribution is -0.122. The second kappa shape index (κ2) is 7.51. The quantitative estimate of drug-likeness (QED) is 0.844. The van der Waals surface area contributed by atoms with Gasteiger partial charge in [-0.3, -0.25) is 9.59 Å². The molecular weight excluding hydrogens is 382 g/mol. The van der Waals surface area contributed by atoms with Gasteiger partial charge in [0.05, 0.1) is 24.4 Å². The van der Waals surface area contributed by atoms with Gasteiger partial charge >= 0.3 is 0 Å². The normalized spacial score (nSPS) is 16.7. The first-order valence-corrected chi connectivity index (χ1v) is 8.54. The molecule has 1 aliphatic rings. The lowest BCUT2D eigenvalue weighted by Crippen LogP contribution is -2.28. The molecule has 8 heteroatoms. The number of hydrogen-bond acceptors (Lipinski definition) is 3. The van der Waals surface area contributed by atoms with E-state index < -0.39 is 17.6 Å². The second-order valence-corrected chi connectivity index (χ2v) is 6.71. The van der Waals surface area contributed by atoms with Gasteiger partial charge in [0.25, 0.3) is 0 Å². The molecule has 0 unspecified atom stereocenters. The molecule has 0 spiro atoms. The Morgan fingerprint density at radius 2 is 1.92 bits per heavy atom. The molecule has 1 atom stereocenters. The van der Waals surface area contributed by atoms with Crippen molar-refractivity contribution in [1.29, 1.82) is 0 Å². The van der Waals surface area contributed by atoms with Gasteiger partial charge < -0.3 is 15.0 Å². The fraction of sp³-hybridized carbons (Fsp3) is 0.222. The van der Waals surface area contributed by atoms with Gasteiger partial charge in [0.1, 0.15) is 11.6 Å². The Balaban J connectivity index is 1.77. The molecule has 136 valence electrons. The SMILES string of the molecule is COc1ccc(Cl)cc1N1C[C@@H](C(=O)Nc2ccc(Cl)cc2F)CC1=O. The predicted octanol–water partition coefficient (Wildman–Crippen LogP) is 4.13. The first kappa shape index (κ1) is 18.5. The first-order chi connectivity index (χ1) is 12.4. The number of halogens is 3. The predicted molar refractivity (Wildman–Crippen MR) is 98.5 cm³/mol. The largest absolute Gasteiger partial charge is 0.495 e. The Morgan fingerprint density at radius 1 is 1.23 bits per heavy atom. The Morgan fingerprint density at radius 3 is 2.62 bits per heavy atom. The molecule has 1 N–H and O–H groups in total. The van der Waals surface area contributed by atoms with Crippen molar-refractivity contribution in [1.82, 2.24) is 0 Å². The van der Waals surface area contributed by atoms with E-state index in [1.165, 1.54) is 24.1 Å². The minimum absolute atomic E-state index is 0.0106. The Labute approximate surface area is 159 Å². The van der Waals surface area contributed by atoms with Crippen LogP contribution in [0.3, 0.4) is 0 Å². The van der Waals surface area contributed by atoms with Crippen LogP contribution in [0.5, 0.6) is 5.75 Å². The van der Waals surface area contributed by atoms with Crippen molar-refractivity contribution in [2.45, 2.75) is 6.42 Å². The zero-order valence-electron chi connectivity index (χ0n) is 13.8. The van der Waals surface area contributed by atoms with Gasteiger partial charge in [-0.15, -0.1) is 0 Å². The van der Waals surface area contributed by atoms with Crippen LogP contribution in [0, 0.1) is 11.7 Å². The summed E-state index contributed by atoms with van der Waals surface area (Å²) in [6, 6.07) is 8.88. The van der Waals surface area contributed by atoms with Gasteiger partial charge in [0.15, 0.2) is 0 Å². The molecule has 3 rings (SSSR count). The number of anilines is 2. The first-order valence-electron chi connectivity index (χ1n) is 7.79. The topological polar surface area (TPSA) is 58.6 Å². The highest BCUT2D eigenvalue weighted by Gasteiger charge is 2.36. The summed E-state index contributed by atoms with van der Waals surface area (Å²) in [4.78, 5) is 26.3. The molecule has 2 amide bonds. The van der Waals surface area contributed by atoms with E-state index in [9.17, 15) is 14.0 Å². The molecule has 0 radical (unpaired) electrons. The molecule has 1 aliphatic heterocycles. The Hall–Kier alpha value is -2.31. The van der Waals surface area contributed by atoms with E-state index >= 15 is 0 Å². The monoisotopic (exact) mass is 396 g/mol. The number of ether oxygens (including phenoxy) is 1. The average Bonchev–Trinajstić information content (AvgIpc) is 2.99. The molecular formula is C18H15Cl2FN2O3. The molecule has 0 bridgehead atoms. The summed E-state index contributed by atoms with van der Waals surface area (Å²) in [6.45, 7) is 0.149. The van der Waals surface area contributed by atoms with Crippen LogP contribution in [0.15, 0.2) is 36.4 Å². The van der Waals surface area contributed by atoms with E-state index in [1.54, 1.807) is 18.2 Å². The van der Waals surface area contributed by atoms with Crippen molar-refractivity contribution in [2.24, 2.45) is 5.92 Å². The van der Waals surface area contributed by atoms with Crippen LogP contribution in [-0.4, -0.2) is 25.5 Å². The second-order valence-electron chi connectivity index (χ2n) is 5.83. The van der Waals surface area contributed by atoms with Crippen molar-refractivity contribution in [3.8, 4) is 5.75 Å². The van der Waals surface area contributed by atoms with Gasteiger partial charge in [-0.25, -0.2) is 4.39 Å². The summed E-state index contributed by atoms with van der Waals surface area (Å²) < 4.78 is 19.1. The lowest BCUT2D eigenvalue weighted by Gasteiger charge is -2.20. The van der Waals surface area contributed by atoms with E-state index in [4.69, 9.17) is 27.9 Å².